The molecular weight excluding hydrogens is 524 g/mol. The molecule has 0 saturated heterocycles. The third-order valence-electron chi connectivity index (χ3n) is 6.21. The molecule has 38 heavy (non-hydrogen) atoms. The van der Waals surface area contributed by atoms with Gasteiger partial charge in [0.2, 0.25) is 17.7 Å². The molecule has 0 aromatic heterocycles. The fraction of sp³-hybridized carbons (Fsp3) is 0.565. The molecule has 2 rings (SSSR count). The lowest BCUT2D eigenvalue weighted by Crippen LogP contribution is -2.64. The van der Waals surface area contributed by atoms with E-state index in [1.165, 1.54) is 27.0 Å². The van der Waals surface area contributed by atoms with Crippen molar-refractivity contribution in [2.45, 2.75) is 61.9 Å². The number of aliphatic hydroxyl groups excluding tert-OH is 2. The fourth-order valence-electron chi connectivity index (χ4n) is 3.86. The Morgan fingerprint density at radius 2 is 1.87 bits per heavy atom. The average Bonchev–Trinajstić information content (AvgIpc) is 2.86. The van der Waals surface area contributed by atoms with Gasteiger partial charge in [0, 0.05) is 16.5 Å². The van der Waals surface area contributed by atoms with E-state index in [2.05, 4.69) is 21.3 Å². The summed E-state index contributed by atoms with van der Waals surface area (Å²) in [7, 11) is -0.505. The van der Waals surface area contributed by atoms with E-state index in [9.17, 15) is 38.7 Å². The largest absolute Gasteiger partial charge is 0.504 e. The lowest BCUT2D eigenvalue weighted by molar-refractivity contribution is -0.140. The number of carbonyl (C=O) groups is 4. The average molecular weight is 559 g/mol. The predicted molar refractivity (Wildman–Crippen MR) is 134 cm³/mol. The Labute approximate surface area is 221 Å². The molecular formula is C23H34N4O10S. The van der Waals surface area contributed by atoms with Gasteiger partial charge in [0.15, 0.2) is 11.5 Å². The molecule has 0 radical (unpaired) electrons. The van der Waals surface area contributed by atoms with Crippen LogP contribution in [0, 0.1) is 0 Å². The molecule has 0 fully saturated rings. The Kier molecular flexibility index (Phi) is 10.6. The minimum absolute atomic E-state index is 0.0596. The van der Waals surface area contributed by atoms with Crippen LogP contribution in [-0.2, 0) is 30.0 Å². The van der Waals surface area contributed by atoms with Crippen LogP contribution in [0.5, 0.6) is 11.5 Å². The van der Waals surface area contributed by atoms with Crippen LogP contribution in [-0.4, -0.2) is 98.0 Å². The van der Waals surface area contributed by atoms with Gasteiger partial charge in [-0.2, -0.15) is 0 Å². The molecule has 212 valence electrons. The Bertz CT molecular complexity index is 1100. The van der Waals surface area contributed by atoms with Gasteiger partial charge in [0.05, 0.1) is 23.2 Å². The molecule has 0 saturated carbocycles. The zero-order chi connectivity index (χ0) is 28.8. The molecule has 6 atom stereocenters. The molecule has 1 aliphatic heterocycles. The predicted octanol–water partition coefficient (Wildman–Crippen LogP) is -2.14. The first-order valence-electron chi connectivity index (χ1n) is 11.8. The molecule has 8 N–H and O–H groups in total. The number of likely N-dealkylation sites (N-methyl/N-ethyl adjacent to an activating group) is 1. The molecule has 1 aliphatic rings. The van der Waals surface area contributed by atoms with Gasteiger partial charge in [-0.1, -0.05) is 6.92 Å². The van der Waals surface area contributed by atoms with Crippen LogP contribution in [0.25, 0.3) is 0 Å². The van der Waals surface area contributed by atoms with Crippen molar-refractivity contribution in [1.29, 1.82) is 0 Å². The summed E-state index contributed by atoms with van der Waals surface area (Å²) in [5.41, 5.74) is -1.64. The van der Waals surface area contributed by atoms with Crippen LogP contribution in [0.4, 0.5) is 0 Å². The second-order valence-corrected chi connectivity index (χ2v) is 10.4. The van der Waals surface area contributed by atoms with Crippen LogP contribution < -0.4 is 26.0 Å². The summed E-state index contributed by atoms with van der Waals surface area (Å²) in [5.74, 6) is -4.83. The number of ether oxygens (including phenoxy) is 1. The van der Waals surface area contributed by atoms with Crippen LogP contribution in [0.2, 0.25) is 0 Å². The lowest BCUT2D eigenvalue weighted by Gasteiger charge is -2.37. The molecule has 1 unspecified atom stereocenters. The van der Waals surface area contributed by atoms with Crippen molar-refractivity contribution in [2.75, 3.05) is 26.0 Å². The third-order valence-corrected chi connectivity index (χ3v) is 7.61. The second-order valence-electron chi connectivity index (χ2n) is 8.89. The number of carboxylic acids is 1. The number of amides is 3. The Hall–Kier alpha value is -3.27. The van der Waals surface area contributed by atoms with Gasteiger partial charge < -0.3 is 46.4 Å². The number of benzene rings is 1. The zero-order valence-electron chi connectivity index (χ0n) is 21.4. The first-order valence-corrected chi connectivity index (χ1v) is 13.1. The van der Waals surface area contributed by atoms with E-state index in [4.69, 9.17) is 9.84 Å². The van der Waals surface area contributed by atoms with E-state index in [-0.39, 0.29) is 28.4 Å². The minimum atomic E-state index is -1.89. The maximum absolute atomic E-state index is 13.0. The van der Waals surface area contributed by atoms with Crippen LogP contribution in [0.3, 0.4) is 0 Å². The van der Waals surface area contributed by atoms with E-state index in [1.807, 2.05) is 0 Å². The number of carbonyl (C=O) groups excluding carboxylic acids is 3. The Morgan fingerprint density at radius 1 is 1.21 bits per heavy atom. The normalized spacial score (nSPS) is 26.9. The van der Waals surface area contributed by atoms with Crippen LogP contribution in [0.15, 0.2) is 17.0 Å². The van der Waals surface area contributed by atoms with E-state index in [0.29, 0.717) is 0 Å². The molecule has 15 heteroatoms. The number of phenols is 1. The first-order chi connectivity index (χ1) is 17.8. The number of aliphatic hydroxyl groups is 2. The smallest absolute Gasteiger partial charge is 0.322 e. The summed E-state index contributed by atoms with van der Waals surface area (Å²) in [5, 5.41) is 49.9. The number of aliphatic carboxylic acids is 1. The monoisotopic (exact) mass is 558 g/mol. The molecule has 1 aromatic rings. The van der Waals surface area contributed by atoms with Crippen molar-refractivity contribution in [3.63, 3.8) is 0 Å². The van der Waals surface area contributed by atoms with Gasteiger partial charge in [-0.15, -0.1) is 0 Å². The number of hydrogen-bond acceptors (Lipinski definition) is 10. The van der Waals surface area contributed by atoms with E-state index < -0.39 is 83.2 Å². The van der Waals surface area contributed by atoms with Gasteiger partial charge in [0.1, 0.15) is 36.4 Å². The standard InChI is InChI=1S/C23H34N4O10S/c1-5-23(3)19(22(35)25-10-16(30)31)27-20(33)11(2)26-21(34)17(24-4)18(32)12-8-14(37-23)13(29)9-15(12)38(36)7-6-28/h8-9,11,17-19,24,28-29,32H,5-7,10H2,1-4H3,(H,25,35)(H,26,34)(H,27,33)(H,30,31)/t11-,17-,18+,19+,23+,38?/m0/s1. The summed E-state index contributed by atoms with van der Waals surface area (Å²) in [6.45, 7) is 3.22. The highest BCUT2D eigenvalue weighted by Gasteiger charge is 2.43. The second kappa shape index (κ2) is 13.0. The molecule has 14 nitrogen and oxygen atoms in total. The number of hydrogen-bond donors (Lipinski definition) is 8. The number of aromatic hydroxyl groups is 1. The summed E-state index contributed by atoms with van der Waals surface area (Å²) in [6, 6.07) is -1.80. The van der Waals surface area contributed by atoms with E-state index in [0.717, 1.165) is 6.07 Å². The molecule has 0 aliphatic carbocycles. The lowest BCUT2D eigenvalue weighted by atomic mass is 9.91. The minimum Gasteiger partial charge on any atom is -0.504 e. The molecule has 0 spiro atoms. The highest BCUT2D eigenvalue weighted by Crippen LogP contribution is 2.38. The SMILES string of the molecule is CC[C@@]1(C)Oc2cc(c(S(=O)CCO)cc2O)[C@@H](O)[C@H](NC)C(=O)N[C@@H](C)C(=O)N[C@@H]1C(=O)NCC(=O)O. The quantitative estimate of drug-likeness (QED) is 0.172. The molecule has 3 amide bonds. The zero-order valence-corrected chi connectivity index (χ0v) is 22.3. The highest BCUT2D eigenvalue weighted by atomic mass is 32.2. The van der Waals surface area contributed by atoms with Gasteiger partial charge >= 0.3 is 5.97 Å². The Balaban J connectivity index is 2.76. The summed E-state index contributed by atoms with van der Waals surface area (Å²) < 4.78 is 18.9. The van der Waals surface area contributed by atoms with Crippen molar-refractivity contribution < 1.29 is 48.6 Å². The van der Waals surface area contributed by atoms with Crippen molar-refractivity contribution in [3.8, 4) is 11.5 Å². The number of fused-ring (bicyclic) bond motifs is 2. The Morgan fingerprint density at radius 3 is 2.42 bits per heavy atom. The highest BCUT2D eigenvalue weighted by molar-refractivity contribution is 7.85. The number of rotatable bonds is 8. The van der Waals surface area contributed by atoms with Crippen molar-refractivity contribution in [3.05, 3.63) is 17.7 Å². The number of phenolic OH excluding ortho intramolecular Hbond substituents is 1. The van der Waals surface area contributed by atoms with Gasteiger partial charge in [0.25, 0.3) is 0 Å². The van der Waals surface area contributed by atoms with Gasteiger partial charge in [-0.05, 0) is 33.4 Å². The van der Waals surface area contributed by atoms with E-state index in [1.54, 1.807) is 6.92 Å². The van der Waals surface area contributed by atoms with E-state index >= 15 is 0 Å². The van der Waals surface area contributed by atoms with Gasteiger partial charge in [-0.25, -0.2) is 0 Å². The molecule has 1 aromatic carbocycles. The molecule has 2 bridgehead atoms. The number of carboxylic acid groups (broad SMARTS) is 1. The summed E-state index contributed by atoms with van der Waals surface area (Å²) in [6.07, 6.45) is -1.58. The van der Waals surface area contributed by atoms with Crippen molar-refractivity contribution >= 4 is 34.5 Å². The van der Waals surface area contributed by atoms with Crippen LogP contribution >= 0.6 is 0 Å². The maximum atomic E-state index is 13.0. The fourth-order valence-corrected chi connectivity index (χ4v) is 4.93. The topological polar surface area (TPSA) is 224 Å². The van der Waals surface area contributed by atoms with Crippen molar-refractivity contribution in [1.82, 2.24) is 21.3 Å². The van der Waals surface area contributed by atoms with Crippen molar-refractivity contribution in [2.24, 2.45) is 0 Å². The van der Waals surface area contributed by atoms with Crippen LogP contribution in [0.1, 0.15) is 38.9 Å². The first kappa shape index (κ1) is 31.0. The summed E-state index contributed by atoms with van der Waals surface area (Å²) >= 11 is 0. The maximum Gasteiger partial charge on any atom is 0.322 e. The molecule has 1 heterocycles. The number of nitrogens with one attached hydrogen (secondary N) is 4. The third kappa shape index (κ3) is 6.98. The summed E-state index contributed by atoms with van der Waals surface area (Å²) in [4.78, 5) is 50.0. The van der Waals surface area contributed by atoms with Gasteiger partial charge in [-0.3, -0.25) is 23.4 Å².